The van der Waals surface area contributed by atoms with Gasteiger partial charge in [-0.25, -0.2) is 0 Å². The first-order valence-corrected chi connectivity index (χ1v) is 8.25. The maximum absolute atomic E-state index is 12.3. The van der Waals surface area contributed by atoms with E-state index in [1.807, 2.05) is 0 Å². The molecule has 3 N–H and O–H groups in total. The van der Waals surface area contributed by atoms with Crippen LogP contribution in [0.5, 0.6) is 17.2 Å². The van der Waals surface area contributed by atoms with E-state index < -0.39 is 0 Å². The van der Waals surface area contributed by atoms with Crippen LogP contribution in [0.15, 0.2) is 12.1 Å². The van der Waals surface area contributed by atoms with Gasteiger partial charge in [0.15, 0.2) is 16.6 Å². The van der Waals surface area contributed by atoms with Crippen LogP contribution in [0.4, 0.5) is 0 Å². The highest BCUT2D eigenvalue weighted by Gasteiger charge is 2.18. The van der Waals surface area contributed by atoms with Gasteiger partial charge in [-0.15, -0.1) is 0 Å². The molecule has 1 fully saturated rings. The zero-order chi connectivity index (χ0) is 18.2. The molecule has 0 spiro atoms. The third kappa shape index (κ3) is 5.10. The van der Waals surface area contributed by atoms with Crippen molar-refractivity contribution in [2.75, 3.05) is 34.5 Å². The van der Waals surface area contributed by atoms with E-state index in [4.69, 9.17) is 31.2 Å². The van der Waals surface area contributed by atoms with Gasteiger partial charge in [-0.2, -0.15) is 0 Å². The average molecular weight is 369 g/mol. The Labute approximate surface area is 152 Å². The first-order valence-electron chi connectivity index (χ1n) is 7.84. The number of hydrogen-bond acceptors (Lipinski definition) is 6. The molecular formula is C16H23N3O5S. The third-order valence-electron chi connectivity index (χ3n) is 3.73. The van der Waals surface area contributed by atoms with E-state index in [2.05, 4.69) is 16.2 Å². The summed E-state index contributed by atoms with van der Waals surface area (Å²) in [6, 6.07) is 3.11. The minimum Gasteiger partial charge on any atom is -0.493 e. The summed E-state index contributed by atoms with van der Waals surface area (Å²) in [5, 5.41) is 3.32. The number of rotatable bonds is 6. The third-order valence-corrected chi connectivity index (χ3v) is 3.98. The van der Waals surface area contributed by atoms with Gasteiger partial charge < -0.3 is 24.3 Å². The van der Waals surface area contributed by atoms with Crippen LogP contribution in [0.1, 0.15) is 23.2 Å². The summed E-state index contributed by atoms with van der Waals surface area (Å²) in [7, 11) is 4.47. The fourth-order valence-corrected chi connectivity index (χ4v) is 2.59. The van der Waals surface area contributed by atoms with Crippen LogP contribution in [-0.2, 0) is 4.74 Å². The normalized spacial score (nSPS) is 16.0. The minimum absolute atomic E-state index is 0.158. The van der Waals surface area contributed by atoms with E-state index in [9.17, 15) is 4.79 Å². The quantitative estimate of drug-likeness (QED) is 0.505. The minimum atomic E-state index is -0.388. The van der Waals surface area contributed by atoms with Crippen molar-refractivity contribution in [2.45, 2.75) is 18.9 Å². The molecule has 1 amide bonds. The second-order valence-electron chi connectivity index (χ2n) is 5.34. The van der Waals surface area contributed by atoms with Gasteiger partial charge in [0.25, 0.3) is 5.91 Å². The molecule has 0 aromatic heterocycles. The highest BCUT2D eigenvalue weighted by Crippen LogP contribution is 2.38. The topological polar surface area (TPSA) is 90.1 Å². The van der Waals surface area contributed by atoms with E-state index in [0.29, 0.717) is 34.5 Å². The summed E-state index contributed by atoms with van der Waals surface area (Å²) in [5.41, 5.74) is 5.53. The number of carbonyl (C=O) groups is 1. The Balaban J connectivity index is 1.92. The summed E-state index contributed by atoms with van der Waals surface area (Å²) in [4.78, 5) is 12.3. The van der Waals surface area contributed by atoms with Gasteiger partial charge in [-0.1, -0.05) is 0 Å². The lowest BCUT2D eigenvalue weighted by Crippen LogP contribution is -2.48. The number of nitrogens with one attached hydrogen (secondary N) is 3. The second-order valence-corrected chi connectivity index (χ2v) is 5.75. The predicted octanol–water partition coefficient (Wildman–Crippen LogP) is 1.00. The molecule has 1 atom stereocenters. The fourth-order valence-electron chi connectivity index (χ4n) is 2.45. The lowest BCUT2D eigenvalue weighted by Gasteiger charge is -2.16. The highest BCUT2D eigenvalue weighted by molar-refractivity contribution is 7.80. The summed E-state index contributed by atoms with van der Waals surface area (Å²) in [5.74, 6) is 0.820. The molecule has 8 nitrogen and oxygen atoms in total. The molecule has 0 aliphatic carbocycles. The van der Waals surface area contributed by atoms with Gasteiger partial charge in [0.2, 0.25) is 5.75 Å². The monoisotopic (exact) mass is 369 g/mol. The van der Waals surface area contributed by atoms with Gasteiger partial charge in [-0.05, 0) is 37.2 Å². The predicted molar refractivity (Wildman–Crippen MR) is 96.3 cm³/mol. The molecule has 0 unspecified atom stereocenters. The molecule has 1 aromatic carbocycles. The molecule has 25 heavy (non-hydrogen) atoms. The standard InChI is InChI=1S/C16H23N3O5S/c1-21-12-7-10(8-13(22-2)14(12)23-3)15(20)18-19-16(25)17-9-11-5-4-6-24-11/h7-8,11H,4-6,9H2,1-3H3,(H,18,20)(H2,17,19,25)/t11-/m1/s1. The largest absolute Gasteiger partial charge is 0.493 e. The van der Waals surface area contributed by atoms with E-state index in [-0.39, 0.29) is 12.0 Å². The van der Waals surface area contributed by atoms with Crippen molar-refractivity contribution in [1.29, 1.82) is 0 Å². The Morgan fingerprint density at radius 1 is 1.20 bits per heavy atom. The Kier molecular flexibility index (Phi) is 7.08. The SMILES string of the molecule is COc1cc(C(=O)NNC(=S)NC[C@H]2CCCO2)cc(OC)c1OC. The number of ether oxygens (including phenoxy) is 4. The molecule has 1 heterocycles. The average Bonchev–Trinajstić information content (AvgIpc) is 3.16. The van der Waals surface area contributed by atoms with Gasteiger partial charge in [-0.3, -0.25) is 15.6 Å². The number of methoxy groups -OCH3 is 3. The fraction of sp³-hybridized carbons (Fsp3) is 0.500. The lowest BCUT2D eigenvalue weighted by molar-refractivity contribution is 0.0942. The van der Waals surface area contributed by atoms with Crippen LogP contribution in [0, 0.1) is 0 Å². The van der Waals surface area contributed by atoms with Gasteiger partial charge in [0, 0.05) is 18.7 Å². The lowest BCUT2D eigenvalue weighted by atomic mass is 10.1. The van der Waals surface area contributed by atoms with Crippen molar-refractivity contribution < 1.29 is 23.7 Å². The van der Waals surface area contributed by atoms with E-state index in [1.54, 1.807) is 12.1 Å². The summed E-state index contributed by atoms with van der Waals surface area (Å²) in [6.07, 6.45) is 2.23. The molecule has 1 aromatic rings. The van der Waals surface area contributed by atoms with Crippen LogP contribution in [-0.4, -0.2) is 51.6 Å². The first kappa shape index (κ1) is 19.1. The van der Waals surface area contributed by atoms with Crippen LogP contribution >= 0.6 is 12.2 Å². The first-order chi connectivity index (χ1) is 12.1. The van der Waals surface area contributed by atoms with Crippen molar-refractivity contribution in [3.63, 3.8) is 0 Å². The molecule has 0 bridgehead atoms. The number of hydrogen-bond donors (Lipinski definition) is 3. The zero-order valence-corrected chi connectivity index (χ0v) is 15.3. The molecule has 138 valence electrons. The van der Waals surface area contributed by atoms with E-state index in [1.165, 1.54) is 21.3 Å². The molecule has 1 aliphatic heterocycles. The Morgan fingerprint density at radius 2 is 1.88 bits per heavy atom. The summed E-state index contributed by atoms with van der Waals surface area (Å²) in [6.45, 7) is 1.39. The van der Waals surface area contributed by atoms with E-state index >= 15 is 0 Å². The number of amides is 1. The smallest absolute Gasteiger partial charge is 0.269 e. The van der Waals surface area contributed by atoms with Gasteiger partial charge in [0.1, 0.15) is 0 Å². The summed E-state index contributed by atoms with van der Waals surface area (Å²) < 4.78 is 21.2. The Hall–Kier alpha value is -2.26. The Morgan fingerprint density at radius 3 is 2.40 bits per heavy atom. The molecule has 0 radical (unpaired) electrons. The maximum Gasteiger partial charge on any atom is 0.269 e. The van der Waals surface area contributed by atoms with Crippen molar-refractivity contribution in [1.82, 2.24) is 16.2 Å². The van der Waals surface area contributed by atoms with Crippen LogP contribution in [0.25, 0.3) is 0 Å². The molecule has 1 saturated heterocycles. The van der Waals surface area contributed by atoms with E-state index in [0.717, 1.165) is 19.4 Å². The van der Waals surface area contributed by atoms with Crippen molar-refractivity contribution in [3.05, 3.63) is 17.7 Å². The molecule has 0 saturated carbocycles. The van der Waals surface area contributed by atoms with Crippen LogP contribution in [0.3, 0.4) is 0 Å². The molecule has 2 rings (SSSR count). The van der Waals surface area contributed by atoms with Crippen molar-refractivity contribution in [2.24, 2.45) is 0 Å². The summed E-state index contributed by atoms with van der Waals surface area (Å²) >= 11 is 5.13. The molecular weight excluding hydrogens is 346 g/mol. The van der Waals surface area contributed by atoms with Crippen LogP contribution in [0.2, 0.25) is 0 Å². The number of thiocarbonyl (C=S) groups is 1. The molecule has 1 aliphatic rings. The molecule has 9 heteroatoms. The van der Waals surface area contributed by atoms with Gasteiger partial charge >= 0.3 is 0 Å². The maximum atomic E-state index is 12.3. The number of benzene rings is 1. The van der Waals surface area contributed by atoms with Crippen molar-refractivity contribution >= 4 is 23.2 Å². The highest BCUT2D eigenvalue weighted by atomic mass is 32.1. The zero-order valence-electron chi connectivity index (χ0n) is 14.5. The Bertz CT molecular complexity index is 595. The number of hydrazine groups is 1. The van der Waals surface area contributed by atoms with Gasteiger partial charge in [0.05, 0.1) is 27.4 Å². The second kappa shape index (κ2) is 9.28. The number of carbonyl (C=O) groups excluding carboxylic acids is 1. The van der Waals surface area contributed by atoms with Crippen molar-refractivity contribution in [3.8, 4) is 17.2 Å². The van der Waals surface area contributed by atoms with Crippen LogP contribution < -0.4 is 30.4 Å².